The number of ether oxygens (including phenoxy) is 6. The Morgan fingerprint density at radius 1 is 0.469 bits per heavy atom. The van der Waals surface area contributed by atoms with E-state index in [1.54, 1.807) is 24.3 Å². The number of carbonyl (C=O) groups is 4. The summed E-state index contributed by atoms with van der Waals surface area (Å²) in [7, 11) is 0. The summed E-state index contributed by atoms with van der Waals surface area (Å²) in [5.41, 5.74) is 2.17. The lowest BCUT2D eigenvalue weighted by molar-refractivity contribution is 0.0490. The van der Waals surface area contributed by atoms with Crippen LogP contribution in [0.3, 0.4) is 0 Å². The standard InChI is InChI=1S/C39H40O10/c1-5-7-25-44-35(40)27-9-17-31(18-10-27)46-37(42)48-33-21-13-29(14-22-33)39(3,4)30-15-23-34(24-16-30)49-38(43)47-32-19-11-28(12-20-32)36(41)45-26-8-6-2/h9-24H,5-8,25-26H2,1-4H3. The van der Waals surface area contributed by atoms with Crippen LogP contribution in [0.1, 0.15) is 85.2 Å². The first kappa shape index (κ1) is 36.2. The Labute approximate surface area is 285 Å². The minimum absolute atomic E-state index is 0.226. The van der Waals surface area contributed by atoms with Gasteiger partial charge in [-0.2, -0.15) is 0 Å². The van der Waals surface area contributed by atoms with Gasteiger partial charge in [0.05, 0.1) is 24.3 Å². The Bertz CT molecular complexity index is 1560. The quantitative estimate of drug-likeness (QED) is 0.0730. The summed E-state index contributed by atoms with van der Waals surface area (Å²) in [4.78, 5) is 48.8. The summed E-state index contributed by atoms with van der Waals surface area (Å²) < 4.78 is 31.5. The molecule has 0 unspecified atom stereocenters. The summed E-state index contributed by atoms with van der Waals surface area (Å²) >= 11 is 0. The number of rotatable bonds is 14. The molecule has 0 spiro atoms. The van der Waals surface area contributed by atoms with Gasteiger partial charge in [0.2, 0.25) is 0 Å². The van der Waals surface area contributed by atoms with Crippen molar-refractivity contribution in [2.75, 3.05) is 13.2 Å². The normalized spacial score (nSPS) is 10.9. The van der Waals surface area contributed by atoms with Gasteiger partial charge in [-0.25, -0.2) is 19.2 Å². The highest BCUT2D eigenvalue weighted by Gasteiger charge is 2.24. The summed E-state index contributed by atoms with van der Waals surface area (Å²) in [6.07, 6.45) is 1.60. The van der Waals surface area contributed by atoms with Crippen LogP contribution < -0.4 is 18.9 Å². The second-order valence-electron chi connectivity index (χ2n) is 11.6. The van der Waals surface area contributed by atoms with Crippen LogP contribution in [0, 0.1) is 0 Å². The maximum absolute atomic E-state index is 12.4. The van der Waals surface area contributed by atoms with Gasteiger partial charge in [-0.3, -0.25) is 0 Å². The molecule has 0 saturated heterocycles. The fourth-order valence-electron chi connectivity index (χ4n) is 4.58. The maximum atomic E-state index is 12.4. The SMILES string of the molecule is CCCCOC(=O)c1ccc(OC(=O)Oc2ccc(C(C)(C)c3ccc(OC(=O)Oc4ccc(C(=O)OCCCC)cc4)cc3)cc2)cc1. The zero-order valence-electron chi connectivity index (χ0n) is 28.1. The molecule has 0 radical (unpaired) electrons. The predicted molar refractivity (Wildman–Crippen MR) is 182 cm³/mol. The Hall–Kier alpha value is -5.64. The minimum Gasteiger partial charge on any atom is -0.462 e. The first-order valence-corrected chi connectivity index (χ1v) is 16.1. The average molecular weight is 669 g/mol. The molecule has 10 heteroatoms. The fourth-order valence-corrected chi connectivity index (χ4v) is 4.58. The highest BCUT2D eigenvalue weighted by atomic mass is 16.7. The van der Waals surface area contributed by atoms with Crippen molar-refractivity contribution in [3.05, 3.63) is 119 Å². The number of hydrogen-bond acceptors (Lipinski definition) is 10. The smallest absolute Gasteiger partial charge is 0.462 e. The van der Waals surface area contributed by atoms with Gasteiger partial charge in [-0.15, -0.1) is 0 Å². The van der Waals surface area contributed by atoms with Crippen LogP contribution in [0.25, 0.3) is 0 Å². The molecule has 4 aromatic carbocycles. The van der Waals surface area contributed by atoms with E-state index in [1.807, 2.05) is 52.0 Å². The molecule has 0 aliphatic carbocycles. The van der Waals surface area contributed by atoms with E-state index in [0.717, 1.165) is 36.8 Å². The van der Waals surface area contributed by atoms with E-state index >= 15 is 0 Å². The van der Waals surface area contributed by atoms with Crippen molar-refractivity contribution in [3.63, 3.8) is 0 Å². The second-order valence-corrected chi connectivity index (χ2v) is 11.6. The Morgan fingerprint density at radius 2 is 0.755 bits per heavy atom. The monoisotopic (exact) mass is 668 g/mol. The van der Waals surface area contributed by atoms with Crippen molar-refractivity contribution in [1.82, 2.24) is 0 Å². The third-order valence-corrected chi connectivity index (χ3v) is 7.60. The summed E-state index contributed by atoms with van der Waals surface area (Å²) in [5.74, 6) is 0.178. The topological polar surface area (TPSA) is 124 Å². The van der Waals surface area contributed by atoms with E-state index < -0.39 is 29.7 Å². The summed E-state index contributed by atoms with van der Waals surface area (Å²) in [6.45, 7) is 8.80. The summed E-state index contributed by atoms with van der Waals surface area (Å²) in [6, 6.07) is 26.1. The van der Waals surface area contributed by atoms with Gasteiger partial charge in [-0.1, -0.05) is 64.8 Å². The van der Waals surface area contributed by atoms with E-state index in [9.17, 15) is 19.2 Å². The van der Waals surface area contributed by atoms with Crippen molar-refractivity contribution in [3.8, 4) is 23.0 Å². The van der Waals surface area contributed by atoms with Gasteiger partial charge in [0.1, 0.15) is 23.0 Å². The third-order valence-electron chi connectivity index (χ3n) is 7.60. The van der Waals surface area contributed by atoms with Crippen LogP contribution in [0.2, 0.25) is 0 Å². The largest absolute Gasteiger partial charge is 0.519 e. The Balaban J connectivity index is 1.27. The van der Waals surface area contributed by atoms with Crippen LogP contribution in [0.5, 0.6) is 23.0 Å². The molecule has 10 nitrogen and oxygen atoms in total. The molecular formula is C39H40O10. The summed E-state index contributed by atoms with van der Waals surface area (Å²) in [5, 5.41) is 0. The average Bonchev–Trinajstić information content (AvgIpc) is 3.09. The maximum Gasteiger partial charge on any atom is 0.519 e. The van der Waals surface area contributed by atoms with Crippen molar-refractivity contribution >= 4 is 24.2 Å². The molecule has 256 valence electrons. The zero-order valence-corrected chi connectivity index (χ0v) is 28.1. The van der Waals surface area contributed by atoms with Crippen LogP contribution >= 0.6 is 0 Å². The lowest BCUT2D eigenvalue weighted by Gasteiger charge is -2.26. The van der Waals surface area contributed by atoms with Crippen LogP contribution in [0.4, 0.5) is 9.59 Å². The number of benzene rings is 4. The lowest BCUT2D eigenvalue weighted by Crippen LogP contribution is -2.19. The molecule has 0 bridgehead atoms. The van der Waals surface area contributed by atoms with Crippen LogP contribution in [-0.4, -0.2) is 37.5 Å². The van der Waals surface area contributed by atoms with E-state index in [0.29, 0.717) is 35.8 Å². The first-order valence-electron chi connectivity index (χ1n) is 16.1. The van der Waals surface area contributed by atoms with Crippen LogP contribution in [0.15, 0.2) is 97.1 Å². The van der Waals surface area contributed by atoms with Gasteiger partial charge >= 0.3 is 24.2 Å². The van der Waals surface area contributed by atoms with Gasteiger partial charge in [-0.05, 0) is 96.8 Å². The molecule has 0 atom stereocenters. The Morgan fingerprint density at radius 3 is 1.04 bits per heavy atom. The van der Waals surface area contributed by atoms with Gasteiger partial charge in [0, 0.05) is 5.41 Å². The molecule has 0 N–H and O–H groups in total. The van der Waals surface area contributed by atoms with Crippen LogP contribution in [-0.2, 0) is 14.9 Å². The third kappa shape index (κ3) is 10.7. The highest BCUT2D eigenvalue weighted by Crippen LogP contribution is 2.33. The molecule has 0 heterocycles. The highest BCUT2D eigenvalue weighted by molar-refractivity contribution is 5.90. The van der Waals surface area contributed by atoms with E-state index in [-0.39, 0.29) is 11.5 Å². The number of carbonyl (C=O) groups excluding carboxylic acids is 4. The molecule has 4 rings (SSSR count). The minimum atomic E-state index is -0.918. The molecule has 0 fully saturated rings. The number of unbranched alkanes of at least 4 members (excludes halogenated alkanes) is 2. The van der Waals surface area contributed by atoms with Crippen molar-refractivity contribution in [2.24, 2.45) is 0 Å². The zero-order chi connectivity index (χ0) is 35.2. The van der Waals surface area contributed by atoms with Crippen molar-refractivity contribution < 1.29 is 47.6 Å². The van der Waals surface area contributed by atoms with E-state index in [1.165, 1.54) is 48.5 Å². The van der Waals surface area contributed by atoms with E-state index in [4.69, 9.17) is 28.4 Å². The number of esters is 2. The fraction of sp³-hybridized carbons (Fsp3) is 0.282. The van der Waals surface area contributed by atoms with Crippen molar-refractivity contribution in [2.45, 2.75) is 58.8 Å². The van der Waals surface area contributed by atoms with Crippen molar-refractivity contribution in [1.29, 1.82) is 0 Å². The van der Waals surface area contributed by atoms with Gasteiger partial charge < -0.3 is 28.4 Å². The molecule has 0 aliphatic rings. The molecule has 0 saturated carbocycles. The second kappa shape index (κ2) is 17.5. The molecule has 4 aromatic rings. The molecule has 0 amide bonds. The molecule has 0 aliphatic heterocycles. The molecule has 0 aromatic heterocycles. The molecular weight excluding hydrogens is 628 g/mol. The first-order chi connectivity index (χ1) is 23.6. The Kier molecular flexibility index (Phi) is 12.9. The van der Waals surface area contributed by atoms with E-state index in [2.05, 4.69) is 0 Å². The lowest BCUT2D eigenvalue weighted by atomic mass is 9.78. The predicted octanol–water partition coefficient (Wildman–Crippen LogP) is 9.08. The van der Waals surface area contributed by atoms with Gasteiger partial charge in [0.15, 0.2) is 0 Å². The number of hydrogen-bond donors (Lipinski definition) is 0. The van der Waals surface area contributed by atoms with Gasteiger partial charge in [0.25, 0.3) is 0 Å². The molecule has 49 heavy (non-hydrogen) atoms.